The molecule has 2 aromatic rings. The van der Waals surface area contributed by atoms with E-state index < -0.39 is 0 Å². The van der Waals surface area contributed by atoms with Gasteiger partial charge in [-0.05, 0) is 24.3 Å². The number of rotatable bonds is 3. The molecule has 0 radical (unpaired) electrons. The molecule has 0 aliphatic rings. The molecular formula is C13H12ClNO2. The summed E-state index contributed by atoms with van der Waals surface area (Å²) < 4.78 is 5.15. The lowest BCUT2D eigenvalue weighted by Crippen LogP contribution is -1.87. The highest BCUT2D eigenvalue weighted by Crippen LogP contribution is 2.24. The molecule has 88 valence electrons. The average molecular weight is 250 g/mol. The minimum absolute atomic E-state index is 0.0214. The highest BCUT2D eigenvalue weighted by molar-refractivity contribution is 6.31. The summed E-state index contributed by atoms with van der Waals surface area (Å²) in [6.07, 6.45) is 3.36. The third kappa shape index (κ3) is 2.57. The van der Waals surface area contributed by atoms with E-state index in [1.165, 1.54) is 0 Å². The van der Waals surface area contributed by atoms with E-state index in [9.17, 15) is 0 Å². The van der Waals surface area contributed by atoms with Crippen LogP contribution in [0.15, 0.2) is 30.3 Å². The van der Waals surface area contributed by atoms with E-state index >= 15 is 0 Å². The van der Waals surface area contributed by atoms with Crippen molar-refractivity contribution < 1.29 is 9.84 Å². The lowest BCUT2D eigenvalue weighted by Gasteiger charge is -2.04. The summed E-state index contributed by atoms with van der Waals surface area (Å²) >= 11 is 6.04. The summed E-state index contributed by atoms with van der Waals surface area (Å²) in [5, 5.41) is 10.1. The Hall–Kier alpha value is -1.58. The molecule has 2 rings (SSSR count). The molecule has 1 aromatic carbocycles. The van der Waals surface area contributed by atoms with E-state index in [0.717, 1.165) is 22.2 Å². The summed E-state index contributed by atoms with van der Waals surface area (Å²) in [5.41, 5.74) is 1.60. The van der Waals surface area contributed by atoms with E-state index in [-0.39, 0.29) is 6.61 Å². The first-order valence-electron chi connectivity index (χ1n) is 5.16. The fraction of sp³-hybridized carbons (Fsp3) is 0.154. The lowest BCUT2D eigenvalue weighted by atomic mass is 10.1. The monoisotopic (exact) mass is 249 g/mol. The summed E-state index contributed by atoms with van der Waals surface area (Å²) in [6.45, 7) is -0.0214. The molecule has 0 aliphatic heterocycles. The summed E-state index contributed by atoms with van der Waals surface area (Å²) in [5.74, 6) is 0.777. The van der Waals surface area contributed by atoms with Gasteiger partial charge in [0.05, 0.1) is 19.2 Å². The van der Waals surface area contributed by atoms with Gasteiger partial charge < -0.3 is 9.84 Å². The Morgan fingerprint density at radius 1 is 1.41 bits per heavy atom. The molecule has 17 heavy (non-hydrogen) atoms. The number of pyridine rings is 1. The van der Waals surface area contributed by atoms with E-state index in [2.05, 4.69) is 4.98 Å². The fourth-order valence-electron chi connectivity index (χ4n) is 1.57. The highest BCUT2D eigenvalue weighted by atomic mass is 35.5. The number of ether oxygens (including phenoxy) is 1. The van der Waals surface area contributed by atoms with Crippen LogP contribution < -0.4 is 4.74 Å². The number of aliphatic hydroxyl groups is 1. The van der Waals surface area contributed by atoms with Gasteiger partial charge in [-0.2, -0.15) is 0 Å². The van der Waals surface area contributed by atoms with Crippen LogP contribution in [0.5, 0.6) is 5.75 Å². The number of benzene rings is 1. The number of fused-ring (bicyclic) bond motifs is 1. The van der Waals surface area contributed by atoms with E-state index in [4.69, 9.17) is 21.4 Å². The van der Waals surface area contributed by atoms with Gasteiger partial charge in [-0.3, -0.25) is 0 Å². The van der Waals surface area contributed by atoms with Crippen LogP contribution in [-0.4, -0.2) is 23.8 Å². The number of hydrogen-bond donors (Lipinski definition) is 1. The van der Waals surface area contributed by atoms with Crippen molar-refractivity contribution in [2.75, 3.05) is 13.7 Å². The van der Waals surface area contributed by atoms with Crippen LogP contribution >= 0.6 is 11.6 Å². The third-order valence-corrected chi connectivity index (χ3v) is 2.71. The molecule has 0 bridgehead atoms. The number of aromatic nitrogens is 1. The van der Waals surface area contributed by atoms with Crippen molar-refractivity contribution in [3.63, 3.8) is 0 Å². The third-order valence-electron chi connectivity index (χ3n) is 2.41. The van der Waals surface area contributed by atoms with Gasteiger partial charge in [-0.1, -0.05) is 23.8 Å². The Labute approximate surface area is 104 Å². The molecule has 1 N–H and O–H groups in total. The van der Waals surface area contributed by atoms with Crippen molar-refractivity contribution in [1.29, 1.82) is 0 Å². The summed E-state index contributed by atoms with van der Waals surface area (Å²) in [6, 6.07) is 7.52. The molecule has 0 atom stereocenters. The van der Waals surface area contributed by atoms with Gasteiger partial charge in [0.25, 0.3) is 0 Å². The number of hydrogen-bond acceptors (Lipinski definition) is 3. The minimum atomic E-state index is -0.0214. The van der Waals surface area contributed by atoms with Crippen molar-refractivity contribution in [1.82, 2.24) is 4.98 Å². The number of aliphatic hydroxyl groups excluding tert-OH is 1. The topological polar surface area (TPSA) is 42.4 Å². The number of halogens is 1. The predicted octanol–water partition coefficient (Wildman–Crippen LogP) is 2.90. The molecule has 3 nitrogen and oxygen atoms in total. The molecule has 1 heterocycles. The Morgan fingerprint density at radius 2 is 2.24 bits per heavy atom. The standard InChI is InChI=1S/C13H12ClNO2/c1-17-11-4-5-12-10(8-11)7-9(3-2-6-16)13(14)15-12/h2-5,7-8,16H,6H2,1H3. The lowest BCUT2D eigenvalue weighted by molar-refractivity contribution is 0.343. The van der Waals surface area contributed by atoms with Crippen LogP contribution in [-0.2, 0) is 0 Å². The molecule has 0 aliphatic carbocycles. The van der Waals surface area contributed by atoms with Crippen LogP contribution in [0.3, 0.4) is 0 Å². The molecule has 1 aromatic heterocycles. The number of nitrogens with zero attached hydrogens (tertiary/aromatic N) is 1. The van der Waals surface area contributed by atoms with Crippen molar-refractivity contribution in [3.05, 3.63) is 41.1 Å². The van der Waals surface area contributed by atoms with E-state index in [1.807, 2.05) is 24.3 Å². The maximum atomic E-state index is 8.74. The van der Waals surface area contributed by atoms with Crippen LogP contribution in [0.25, 0.3) is 17.0 Å². The van der Waals surface area contributed by atoms with Crippen molar-refractivity contribution >= 4 is 28.6 Å². The largest absolute Gasteiger partial charge is 0.497 e. The van der Waals surface area contributed by atoms with Crippen molar-refractivity contribution in [3.8, 4) is 5.75 Å². The average Bonchev–Trinajstić information content (AvgIpc) is 2.35. The second-order valence-corrected chi connectivity index (χ2v) is 3.87. The van der Waals surface area contributed by atoms with Crippen LogP contribution in [0, 0.1) is 0 Å². The molecule has 0 amide bonds. The summed E-state index contributed by atoms with van der Waals surface area (Å²) in [4.78, 5) is 4.28. The molecule has 4 heteroatoms. The Balaban J connectivity index is 2.56. The van der Waals surface area contributed by atoms with Gasteiger partial charge in [0.15, 0.2) is 0 Å². The minimum Gasteiger partial charge on any atom is -0.497 e. The van der Waals surface area contributed by atoms with Gasteiger partial charge in [-0.25, -0.2) is 4.98 Å². The maximum absolute atomic E-state index is 8.74. The Bertz CT molecular complexity index is 567. The van der Waals surface area contributed by atoms with E-state index in [0.29, 0.717) is 5.15 Å². The Morgan fingerprint density at radius 3 is 2.94 bits per heavy atom. The number of methoxy groups -OCH3 is 1. The fourth-order valence-corrected chi connectivity index (χ4v) is 1.78. The van der Waals surface area contributed by atoms with Gasteiger partial charge in [0, 0.05) is 10.9 Å². The zero-order chi connectivity index (χ0) is 12.3. The van der Waals surface area contributed by atoms with Gasteiger partial charge in [0.2, 0.25) is 0 Å². The first-order valence-corrected chi connectivity index (χ1v) is 5.54. The second-order valence-electron chi connectivity index (χ2n) is 3.51. The maximum Gasteiger partial charge on any atom is 0.136 e. The predicted molar refractivity (Wildman–Crippen MR) is 69.4 cm³/mol. The molecule has 0 spiro atoms. The highest BCUT2D eigenvalue weighted by Gasteiger charge is 2.03. The smallest absolute Gasteiger partial charge is 0.136 e. The summed E-state index contributed by atoms with van der Waals surface area (Å²) in [7, 11) is 1.62. The molecular weight excluding hydrogens is 238 g/mol. The Kier molecular flexibility index (Phi) is 3.61. The SMILES string of the molecule is COc1ccc2nc(Cl)c(C=CCO)cc2c1. The zero-order valence-electron chi connectivity index (χ0n) is 9.35. The van der Waals surface area contributed by atoms with Crippen LogP contribution in [0.1, 0.15) is 5.56 Å². The molecule has 0 unspecified atom stereocenters. The molecule has 0 saturated heterocycles. The van der Waals surface area contributed by atoms with Gasteiger partial charge >= 0.3 is 0 Å². The molecule has 0 fully saturated rings. The van der Waals surface area contributed by atoms with Crippen molar-refractivity contribution in [2.45, 2.75) is 0 Å². The van der Waals surface area contributed by atoms with Gasteiger partial charge in [-0.15, -0.1) is 0 Å². The van der Waals surface area contributed by atoms with Crippen LogP contribution in [0.2, 0.25) is 5.15 Å². The first kappa shape index (κ1) is 11.9. The van der Waals surface area contributed by atoms with Gasteiger partial charge in [0.1, 0.15) is 10.9 Å². The van der Waals surface area contributed by atoms with Crippen molar-refractivity contribution in [2.24, 2.45) is 0 Å². The zero-order valence-corrected chi connectivity index (χ0v) is 10.1. The van der Waals surface area contributed by atoms with E-state index in [1.54, 1.807) is 19.3 Å². The molecule has 0 saturated carbocycles. The van der Waals surface area contributed by atoms with Crippen LogP contribution in [0.4, 0.5) is 0 Å². The normalized spacial score (nSPS) is 11.2. The second kappa shape index (κ2) is 5.17. The quantitative estimate of drug-likeness (QED) is 0.851. The first-order chi connectivity index (χ1) is 8.24.